The summed E-state index contributed by atoms with van der Waals surface area (Å²) < 4.78 is 59.5. The molecule has 0 heterocycles. The van der Waals surface area contributed by atoms with E-state index < -0.39 is 18.4 Å². The summed E-state index contributed by atoms with van der Waals surface area (Å²) >= 11 is 0. The number of alkyl carbamates (subject to hydrolysis) is 1. The molecule has 0 rings (SSSR count). The monoisotopic (exact) mass is 515 g/mol. The number of carbonyl (C=O) groups is 1. The Morgan fingerprint density at radius 3 is 1.11 bits per heavy atom. The number of amides is 1. The summed E-state index contributed by atoms with van der Waals surface area (Å²) in [7, 11) is 0. The van der Waals surface area contributed by atoms with E-state index in [1.54, 1.807) is 0 Å². The Hall–Kier alpha value is -1.12. The van der Waals surface area contributed by atoms with Crippen molar-refractivity contribution in [3.05, 3.63) is 0 Å². The highest BCUT2D eigenvalue weighted by Crippen LogP contribution is 2.06. The van der Waals surface area contributed by atoms with Crippen molar-refractivity contribution in [1.29, 1.82) is 0 Å². The molecule has 0 aliphatic carbocycles. The minimum Gasteiger partial charge on any atom is -0.444 e. The SMILES string of the molecule is CC(C)(C)OC(=O)NCCOCCOCCOCCOCCOCCOCCOCCOCCF. The van der Waals surface area contributed by atoms with Gasteiger partial charge in [-0.25, -0.2) is 9.18 Å². The normalized spacial score (nSPS) is 11.7. The Morgan fingerprint density at radius 1 is 0.543 bits per heavy atom. The summed E-state index contributed by atoms with van der Waals surface area (Å²) in [6.07, 6.45) is -0.454. The summed E-state index contributed by atoms with van der Waals surface area (Å²) in [5, 5.41) is 2.62. The minimum absolute atomic E-state index is 0.111. The quantitative estimate of drug-likeness (QED) is 0.171. The van der Waals surface area contributed by atoms with Crippen LogP contribution < -0.4 is 5.32 Å². The molecular weight excluding hydrogens is 469 g/mol. The molecule has 11 nitrogen and oxygen atoms in total. The zero-order chi connectivity index (χ0) is 25.9. The van der Waals surface area contributed by atoms with Crippen LogP contribution in [0.5, 0.6) is 0 Å². The number of nitrogens with one attached hydrogen (secondary N) is 1. The molecular formula is C23H46FNO10. The average Bonchev–Trinajstić information content (AvgIpc) is 2.80. The van der Waals surface area contributed by atoms with Gasteiger partial charge in [-0.2, -0.15) is 0 Å². The number of hydrogen-bond acceptors (Lipinski definition) is 10. The van der Waals surface area contributed by atoms with Crippen LogP contribution in [0.3, 0.4) is 0 Å². The number of rotatable bonds is 26. The van der Waals surface area contributed by atoms with Crippen molar-refractivity contribution in [2.24, 2.45) is 0 Å². The molecule has 0 bridgehead atoms. The van der Waals surface area contributed by atoms with Gasteiger partial charge in [0.2, 0.25) is 0 Å². The molecule has 0 fully saturated rings. The van der Waals surface area contributed by atoms with E-state index in [-0.39, 0.29) is 6.61 Å². The van der Waals surface area contributed by atoms with Crippen LogP contribution in [0, 0.1) is 0 Å². The average molecular weight is 516 g/mol. The van der Waals surface area contributed by atoms with Gasteiger partial charge in [0, 0.05) is 6.54 Å². The molecule has 0 atom stereocenters. The third-order valence-electron chi connectivity index (χ3n) is 3.74. The Bertz CT molecular complexity index is 455. The van der Waals surface area contributed by atoms with Crippen LogP contribution >= 0.6 is 0 Å². The van der Waals surface area contributed by atoms with Crippen molar-refractivity contribution < 1.29 is 51.8 Å². The fraction of sp³-hybridized carbons (Fsp3) is 0.957. The van der Waals surface area contributed by atoms with Gasteiger partial charge in [0.25, 0.3) is 0 Å². The molecule has 210 valence electrons. The third-order valence-corrected chi connectivity index (χ3v) is 3.74. The van der Waals surface area contributed by atoms with Gasteiger partial charge in [-0.15, -0.1) is 0 Å². The van der Waals surface area contributed by atoms with Gasteiger partial charge in [0.15, 0.2) is 0 Å². The largest absolute Gasteiger partial charge is 0.444 e. The first-order valence-electron chi connectivity index (χ1n) is 12.1. The Balaban J connectivity index is 3.09. The second-order valence-corrected chi connectivity index (χ2v) is 8.02. The van der Waals surface area contributed by atoms with Crippen molar-refractivity contribution in [3.8, 4) is 0 Å². The predicted molar refractivity (Wildman–Crippen MR) is 127 cm³/mol. The summed E-state index contributed by atoms with van der Waals surface area (Å²) in [5.41, 5.74) is -0.509. The lowest BCUT2D eigenvalue weighted by Crippen LogP contribution is -2.34. The van der Waals surface area contributed by atoms with Gasteiger partial charge in [0.1, 0.15) is 12.3 Å². The van der Waals surface area contributed by atoms with E-state index in [4.69, 9.17) is 42.6 Å². The van der Waals surface area contributed by atoms with Crippen molar-refractivity contribution in [2.45, 2.75) is 26.4 Å². The highest BCUT2D eigenvalue weighted by Gasteiger charge is 2.15. The van der Waals surface area contributed by atoms with Crippen molar-refractivity contribution in [1.82, 2.24) is 5.32 Å². The van der Waals surface area contributed by atoms with E-state index in [1.807, 2.05) is 20.8 Å². The van der Waals surface area contributed by atoms with Crippen LogP contribution in [0.2, 0.25) is 0 Å². The number of hydrogen-bond donors (Lipinski definition) is 1. The lowest BCUT2D eigenvalue weighted by atomic mass is 10.2. The molecule has 0 radical (unpaired) electrons. The molecule has 0 unspecified atom stereocenters. The molecule has 12 heteroatoms. The molecule has 1 amide bonds. The first kappa shape index (κ1) is 33.9. The zero-order valence-corrected chi connectivity index (χ0v) is 21.7. The van der Waals surface area contributed by atoms with Crippen molar-refractivity contribution in [3.63, 3.8) is 0 Å². The predicted octanol–water partition coefficient (Wildman–Crippen LogP) is 1.61. The molecule has 0 aliphatic rings. The van der Waals surface area contributed by atoms with Crippen LogP contribution in [0.4, 0.5) is 9.18 Å². The van der Waals surface area contributed by atoms with Gasteiger partial charge in [-0.3, -0.25) is 0 Å². The first-order valence-corrected chi connectivity index (χ1v) is 12.1. The lowest BCUT2D eigenvalue weighted by Gasteiger charge is -2.19. The molecule has 1 N–H and O–H groups in total. The van der Waals surface area contributed by atoms with Crippen LogP contribution in [-0.4, -0.2) is 131 Å². The minimum atomic E-state index is -0.509. The molecule has 0 aromatic rings. The Kier molecular flexibility index (Phi) is 25.1. The smallest absolute Gasteiger partial charge is 0.407 e. The molecule has 35 heavy (non-hydrogen) atoms. The van der Waals surface area contributed by atoms with Crippen molar-refractivity contribution in [2.75, 3.05) is 119 Å². The van der Waals surface area contributed by atoms with E-state index in [2.05, 4.69) is 5.32 Å². The summed E-state index contributed by atoms with van der Waals surface area (Å²) in [6.45, 7) is 12.4. The fourth-order valence-corrected chi connectivity index (χ4v) is 2.24. The van der Waals surface area contributed by atoms with Gasteiger partial charge < -0.3 is 47.9 Å². The number of halogens is 1. The second kappa shape index (κ2) is 26.0. The zero-order valence-electron chi connectivity index (χ0n) is 21.7. The maximum atomic E-state index is 11.8. The van der Waals surface area contributed by atoms with E-state index in [0.717, 1.165) is 0 Å². The molecule has 0 spiro atoms. The number of ether oxygens (including phenoxy) is 9. The summed E-state index contributed by atoms with van der Waals surface area (Å²) in [4.78, 5) is 11.4. The molecule has 0 saturated heterocycles. The highest BCUT2D eigenvalue weighted by atomic mass is 19.1. The van der Waals surface area contributed by atoms with Crippen molar-refractivity contribution >= 4 is 6.09 Å². The Morgan fingerprint density at radius 2 is 0.829 bits per heavy atom. The van der Waals surface area contributed by atoms with E-state index in [0.29, 0.717) is 106 Å². The topological polar surface area (TPSA) is 112 Å². The van der Waals surface area contributed by atoms with Gasteiger partial charge in [0.05, 0.1) is 106 Å². The van der Waals surface area contributed by atoms with Gasteiger partial charge in [-0.05, 0) is 20.8 Å². The lowest BCUT2D eigenvalue weighted by molar-refractivity contribution is -0.0232. The molecule has 0 saturated carbocycles. The van der Waals surface area contributed by atoms with Crippen LogP contribution in [0.25, 0.3) is 0 Å². The summed E-state index contributed by atoms with van der Waals surface area (Å²) in [5.74, 6) is 0. The standard InChI is InChI=1S/C23H46FNO10/c1-23(2,3)35-22(26)25-5-7-28-9-11-30-13-15-32-17-19-34-21-20-33-18-16-31-14-12-29-10-8-27-6-4-24/h4-21H2,1-3H3,(H,25,26). The maximum Gasteiger partial charge on any atom is 0.407 e. The number of alkyl halides is 1. The third kappa shape index (κ3) is 30.8. The van der Waals surface area contributed by atoms with Gasteiger partial charge >= 0.3 is 6.09 Å². The number of carbonyl (C=O) groups excluding carboxylic acids is 1. The molecule has 0 aliphatic heterocycles. The van der Waals surface area contributed by atoms with Crippen LogP contribution in [-0.2, 0) is 42.6 Å². The summed E-state index contributed by atoms with van der Waals surface area (Å²) in [6, 6.07) is 0. The van der Waals surface area contributed by atoms with Crippen LogP contribution in [0.1, 0.15) is 20.8 Å². The second-order valence-electron chi connectivity index (χ2n) is 8.02. The van der Waals surface area contributed by atoms with E-state index in [1.165, 1.54) is 0 Å². The fourth-order valence-electron chi connectivity index (χ4n) is 2.24. The van der Waals surface area contributed by atoms with Crippen LogP contribution in [0.15, 0.2) is 0 Å². The first-order chi connectivity index (χ1) is 17.0. The molecule has 0 aromatic heterocycles. The highest BCUT2D eigenvalue weighted by molar-refractivity contribution is 5.67. The van der Waals surface area contributed by atoms with E-state index in [9.17, 15) is 9.18 Å². The Labute approximate surface area is 209 Å². The molecule has 0 aromatic carbocycles. The van der Waals surface area contributed by atoms with Gasteiger partial charge in [-0.1, -0.05) is 0 Å². The van der Waals surface area contributed by atoms with E-state index >= 15 is 0 Å². The maximum absolute atomic E-state index is 11.8.